The second-order valence-corrected chi connectivity index (χ2v) is 9.38. The Morgan fingerprint density at radius 1 is 1.23 bits per heavy atom. The summed E-state index contributed by atoms with van der Waals surface area (Å²) in [5.74, 6) is 0. The van der Waals surface area contributed by atoms with E-state index in [4.69, 9.17) is 0 Å². The quantitative estimate of drug-likeness (QED) is 0.618. The first-order valence-electron chi connectivity index (χ1n) is 7.63. The second-order valence-electron chi connectivity index (χ2n) is 5.55. The van der Waals surface area contributed by atoms with E-state index in [-0.39, 0.29) is 0 Å². The summed E-state index contributed by atoms with van der Waals surface area (Å²) in [4.78, 5) is 29.9. The van der Waals surface area contributed by atoms with Crippen LogP contribution in [0, 0.1) is 0 Å². The molecule has 8 heteroatoms. The smallest absolute Gasteiger partial charge is 0.325 e. The SMILES string of the molecule is CCP(=O)(CC)CCCCn1cnc2c1c(=O)[nH]c(=O)n2C. The fraction of sp³-hybridized carbons (Fsp3) is 0.643. The van der Waals surface area contributed by atoms with Crippen molar-refractivity contribution in [3.05, 3.63) is 27.2 Å². The Morgan fingerprint density at radius 3 is 2.55 bits per heavy atom. The molecular weight excluding hydrogens is 303 g/mol. The van der Waals surface area contributed by atoms with Crippen LogP contribution in [0.3, 0.4) is 0 Å². The van der Waals surface area contributed by atoms with Gasteiger partial charge in [-0.2, -0.15) is 0 Å². The zero-order valence-corrected chi connectivity index (χ0v) is 14.2. The number of hydrogen-bond acceptors (Lipinski definition) is 4. The van der Waals surface area contributed by atoms with E-state index in [1.165, 1.54) is 4.57 Å². The lowest BCUT2D eigenvalue weighted by molar-refractivity contribution is 0.569. The molecule has 22 heavy (non-hydrogen) atoms. The van der Waals surface area contributed by atoms with Crippen LogP contribution in [0.2, 0.25) is 0 Å². The molecule has 122 valence electrons. The summed E-state index contributed by atoms with van der Waals surface area (Å²) in [5.41, 5.74) is -0.0734. The molecule has 0 aliphatic rings. The summed E-state index contributed by atoms with van der Waals surface area (Å²) in [6, 6.07) is 0. The van der Waals surface area contributed by atoms with Gasteiger partial charge in [0.15, 0.2) is 11.2 Å². The molecule has 1 N–H and O–H groups in total. The molecule has 0 saturated carbocycles. The summed E-state index contributed by atoms with van der Waals surface area (Å²) in [6.45, 7) is 4.59. The third-order valence-electron chi connectivity index (χ3n) is 4.24. The highest BCUT2D eigenvalue weighted by Gasteiger charge is 2.16. The van der Waals surface area contributed by atoms with Crippen LogP contribution in [-0.2, 0) is 18.2 Å². The maximum atomic E-state index is 12.3. The summed E-state index contributed by atoms with van der Waals surface area (Å²) in [7, 11) is -0.418. The van der Waals surface area contributed by atoms with E-state index in [2.05, 4.69) is 9.97 Å². The average molecular weight is 326 g/mol. The van der Waals surface area contributed by atoms with Gasteiger partial charge in [0.1, 0.15) is 0 Å². The Balaban J connectivity index is 2.11. The van der Waals surface area contributed by atoms with E-state index in [0.717, 1.165) is 31.3 Å². The van der Waals surface area contributed by atoms with Gasteiger partial charge in [-0.3, -0.25) is 14.3 Å². The van der Waals surface area contributed by atoms with Crippen molar-refractivity contribution in [3.8, 4) is 0 Å². The van der Waals surface area contributed by atoms with Gasteiger partial charge < -0.3 is 9.13 Å². The maximum Gasteiger partial charge on any atom is 0.329 e. The number of aromatic nitrogens is 4. The van der Waals surface area contributed by atoms with Crippen LogP contribution in [-0.4, -0.2) is 37.6 Å². The number of fused-ring (bicyclic) bond motifs is 1. The van der Waals surface area contributed by atoms with Crippen LogP contribution >= 0.6 is 7.14 Å². The summed E-state index contributed by atoms with van der Waals surface area (Å²) in [6.07, 6.45) is 5.53. The van der Waals surface area contributed by atoms with E-state index in [9.17, 15) is 14.2 Å². The van der Waals surface area contributed by atoms with Gasteiger partial charge in [0.05, 0.1) is 13.5 Å². The summed E-state index contributed by atoms with van der Waals surface area (Å²) >= 11 is 0. The molecule has 2 rings (SSSR count). The molecule has 0 bridgehead atoms. The van der Waals surface area contributed by atoms with Gasteiger partial charge in [0.25, 0.3) is 5.56 Å². The van der Waals surface area contributed by atoms with Crippen molar-refractivity contribution >= 4 is 18.3 Å². The van der Waals surface area contributed by atoms with Gasteiger partial charge in [-0.15, -0.1) is 0 Å². The van der Waals surface area contributed by atoms with Crippen LogP contribution < -0.4 is 11.2 Å². The van der Waals surface area contributed by atoms with Crippen molar-refractivity contribution in [2.45, 2.75) is 33.2 Å². The fourth-order valence-corrected chi connectivity index (χ4v) is 4.46. The van der Waals surface area contributed by atoms with Crippen LogP contribution in [0.1, 0.15) is 26.7 Å². The van der Waals surface area contributed by atoms with Crippen molar-refractivity contribution in [2.24, 2.45) is 7.05 Å². The first-order chi connectivity index (χ1) is 10.4. The summed E-state index contributed by atoms with van der Waals surface area (Å²) < 4.78 is 15.4. The number of rotatable bonds is 7. The normalized spacial score (nSPS) is 12.1. The van der Waals surface area contributed by atoms with Crippen molar-refractivity contribution in [3.63, 3.8) is 0 Å². The highest BCUT2D eigenvalue weighted by Crippen LogP contribution is 2.45. The predicted molar refractivity (Wildman–Crippen MR) is 88.4 cm³/mol. The Hall–Kier alpha value is -1.62. The first-order valence-corrected chi connectivity index (χ1v) is 9.89. The molecule has 7 nitrogen and oxygen atoms in total. The Kier molecular flexibility index (Phi) is 5.06. The number of H-pyrrole nitrogens is 1. The molecule has 0 aromatic carbocycles. The van der Waals surface area contributed by atoms with E-state index in [1.807, 2.05) is 13.8 Å². The molecule has 0 radical (unpaired) electrons. The molecule has 0 aliphatic carbocycles. The molecule has 0 spiro atoms. The van der Waals surface area contributed by atoms with Crippen molar-refractivity contribution in [2.75, 3.05) is 18.5 Å². The van der Waals surface area contributed by atoms with Crippen molar-refractivity contribution < 1.29 is 4.57 Å². The molecule has 0 fully saturated rings. The molecule has 0 amide bonds. The standard InChI is InChI=1S/C14H23N4O3P/c1-4-22(21,5-2)9-7-6-8-18-10-15-12-11(18)13(19)16-14(20)17(12)3/h10H,4-9H2,1-3H3,(H,16,19,20). The molecule has 0 aliphatic heterocycles. The number of nitrogens with one attached hydrogen (secondary N) is 1. The van der Waals surface area contributed by atoms with E-state index >= 15 is 0 Å². The Bertz CT molecular complexity index is 810. The van der Waals surface area contributed by atoms with Crippen LogP contribution in [0.15, 0.2) is 15.9 Å². The van der Waals surface area contributed by atoms with Crippen LogP contribution in [0.5, 0.6) is 0 Å². The van der Waals surface area contributed by atoms with Gasteiger partial charge in [-0.1, -0.05) is 13.8 Å². The van der Waals surface area contributed by atoms with Gasteiger partial charge in [0.2, 0.25) is 0 Å². The van der Waals surface area contributed by atoms with E-state index in [0.29, 0.717) is 17.7 Å². The molecule has 2 aromatic rings. The minimum Gasteiger partial charge on any atom is -0.325 e. The van der Waals surface area contributed by atoms with Gasteiger partial charge in [-0.25, -0.2) is 9.78 Å². The lowest BCUT2D eigenvalue weighted by Gasteiger charge is -2.13. The van der Waals surface area contributed by atoms with Crippen molar-refractivity contribution in [1.29, 1.82) is 0 Å². The van der Waals surface area contributed by atoms with Gasteiger partial charge in [0, 0.05) is 19.8 Å². The summed E-state index contributed by atoms with van der Waals surface area (Å²) in [5, 5.41) is 0. The Labute approximate surface area is 128 Å². The number of hydrogen-bond donors (Lipinski definition) is 1. The lowest BCUT2D eigenvalue weighted by atomic mass is 10.3. The third kappa shape index (κ3) is 3.24. The first kappa shape index (κ1) is 16.7. The largest absolute Gasteiger partial charge is 0.329 e. The highest BCUT2D eigenvalue weighted by atomic mass is 31.2. The molecule has 0 atom stereocenters. The number of aromatic amines is 1. The Morgan fingerprint density at radius 2 is 1.91 bits per heavy atom. The van der Waals surface area contributed by atoms with Gasteiger partial charge in [-0.05, 0) is 25.2 Å². The molecule has 2 aromatic heterocycles. The average Bonchev–Trinajstić information content (AvgIpc) is 2.93. The van der Waals surface area contributed by atoms with Crippen LogP contribution in [0.25, 0.3) is 11.2 Å². The molecule has 0 unspecified atom stereocenters. The zero-order valence-electron chi connectivity index (χ0n) is 13.3. The fourth-order valence-electron chi connectivity index (χ4n) is 2.58. The zero-order chi connectivity index (χ0) is 16.3. The topological polar surface area (TPSA) is 89.8 Å². The third-order valence-corrected chi connectivity index (χ3v) is 7.68. The van der Waals surface area contributed by atoms with Gasteiger partial charge >= 0.3 is 5.69 Å². The lowest BCUT2D eigenvalue weighted by Crippen LogP contribution is -2.29. The van der Waals surface area contributed by atoms with Crippen molar-refractivity contribution in [1.82, 2.24) is 19.1 Å². The number of imidazole rings is 1. The molecule has 0 saturated heterocycles. The second kappa shape index (κ2) is 6.65. The van der Waals surface area contributed by atoms with Crippen LogP contribution in [0.4, 0.5) is 0 Å². The van der Waals surface area contributed by atoms with E-state index < -0.39 is 18.4 Å². The molecule has 2 heterocycles. The number of aryl methyl sites for hydroxylation is 2. The number of unbranched alkanes of at least 4 members (excludes halogenated alkanes) is 1. The number of nitrogens with zero attached hydrogens (tertiary/aromatic N) is 3. The minimum absolute atomic E-state index is 0.390. The minimum atomic E-state index is -2.00. The predicted octanol–water partition coefficient (Wildman–Crippen LogP) is 1.61. The maximum absolute atomic E-state index is 12.3. The highest BCUT2D eigenvalue weighted by molar-refractivity contribution is 7.63. The molecular formula is C14H23N4O3P. The monoisotopic (exact) mass is 326 g/mol. The van der Waals surface area contributed by atoms with E-state index in [1.54, 1.807) is 17.9 Å².